The Morgan fingerprint density at radius 2 is 1.83 bits per heavy atom. The molecular weight excluding hydrogens is 476 g/mol. The van der Waals surface area contributed by atoms with Gasteiger partial charge in [-0.2, -0.15) is 0 Å². The first-order chi connectivity index (χ1) is 17.1. The van der Waals surface area contributed by atoms with Crippen LogP contribution in [-0.2, 0) is 28.8 Å². The second kappa shape index (κ2) is 11.1. The lowest BCUT2D eigenvalue weighted by molar-refractivity contribution is -0.139. The first-order valence-corrected chi connectivity index (χ1v) is 10.7. The van der Waals surface area contributed by atoms with Crippen LogP contribution < -0.4 is 20.4 Å². The zero-order valence-electron chi connectivity index (χ0n) is 19.0. The number of anilines is 2. The maximum absolute atomic E-state index is 13.5. The molecule has 0 saturated carbocycles. The number of ketones is 1. The molecule has 13 nitrogen and oxygen atoms in total. The summed E-state index contributed by atoms with van der Waals surface area (Å²) in [7, 11) is 0. The number of carbonyl (C=O) groups excluding carboxylic acids is 6. The molecule has 0 bridgehead atoms. The molecule has 2 aromatic rings. The molecule has 0 spiro atoms. The summed E-state index contributed by atoms with van der Waals surface area (Å²) >= 11 is 0. The van der Waals surface area contributed by atoms with Crippen molar-refractivity contribution in [2.45, 2.75) is 25.4 Å². The van der Waals surface area contributed by atoms with Crippen molar-refractivity contribution < 1.29 is 43.1 Å². The van der Waals surface area contributed by atoms with Gasteiger partial charge in [-0.3, -0.25) is 33.7 Å². The summed E-state index contributed by atoms with van der Waals surface area (Å²) < 4.78 is 4.92. The maximum Gasteiger partial charge on any atom is 0.305 e. The van der Waals surface area contributed by atoms with Crippen LogP contribution in [0.4, 0.5) is 11.4 Å². The quantitative estimate of drug-likeness (QED) is 0.233. The molecule has 0 aliphatic carbocycles. The third-order valence-corrected chi connectivity index (χ3v) is 5.24. The molecule has 0 radical (unpaired) electrons. The SMILES string of the molecule is CC(=O)N1C[C@H](NC(=O)C(=O)c2ccco2)C(=O)N(CC(=O)N[C@H](C=O)CC(=O)O)c2ccccc21. The van der Waals surface area contributed by atoms with E-state index in [2.05, 4.69) is 10.6 Å². The monoisotopic (exact) mass is 498 g/mol. The van der Waals surface area contributed by atoms with Gasteiger partial charge in [0.1, 0.15) is 18.9 Å². The molecule has 0 unspecified atom stereocenters. The van der Waals surface area contributed by atoms with Crippen molar-refractivity contribution in [3.05, 3.63) is 48.4 Å². The number of amides is 4. The lowest BCUT2D eigenvalue weighted by Crippen LogP contribution is -2.55. The molecule has 2 heterocycles. The molecule has 2 atom stereocenters. The van der Waals surface area contributed by atoms with E-state index in [1.165, 1.54) is 42.4 Å². The summed E-state index contributed by atoms with van der Waals surface area (Å²) in [5, 5.41) is 13.4. The number of furan rings is 1. The third kappa shape index (κ3) is 5.81. The Labute approximate surface area is 204 Å². The van der Waals surface area contributed by atoms with Crippen molar-refractivity contribution in [1.29, 1.82) is 0 Å². The average molecular weight is 498 g/mol. The number of fused-ring (bicyclic) bond motifs is 1. The number of para-hydroxylation sites is 2. The van der Waals surface area contributed by atoms with Crippen molar-refractivity contribution >= 4 is 53.0 Å². The summed E-state index contributed by atoms with van der Waals surface area (Å²) in [6, 6.07) is 6.09. The van der Waals surface area contributed by atoms with Gasteiger partial charge >= 0.3 is 5.97 Å². The fraction of sp³-hybridized carbons (Fsp3) is 0.261. The van der Waals surface area contributed by atoms with Crippen molar-refractivity contribution in [3.63, 3.8) is 0 Å². The number of hydrogen-bond donors (Lipinski definition) is 3. The summed E-state index contributed by atoms with van der Waals surface area (Å²) in [4.78, 5) is 87.7. The van der Waals surface area contributed by atoms with Gasteiger partial charge in [0.2, 0.25) is 11.8 Å². The van der Waals surface area contributed by atoms with Crippen molar-refractivity contribution in [3.8, 4) is 0 Å². The molecule has 0 fully saturated rings. The number of rotatable bonds is 9. The summed E-state index contributed by atoms with van der Waals surface area (Å²) in [6.07, 6.45) is 0.791. The molecule has 1 aromatic heterocycles. The molecular formula is C23H22N4O9. The number of nitrogens with one attached hydrogen (secondary N) is 2. The number of carboxylic acid groups (broad SMARTS) is 1. The molecule has 3 rings (SSSR count). The van der Waals surface area contributed by atoms with Gasteiger partial charge in [-0.05, 0) is 24.3 Å². The number of Topliss-reactive ketones (excluding diaryl/α,β-unsaturated/α-hetero) is 1. The van der Waals surface area contributed by atoms with E-state index in [4.69, 9.17) is 9.52 Å². The lowest BCUT2D eigenvalue weighted by atomic mass is 10.2. The molecule has 0 saturated heterocycles. The maximum atomic E-state index is 13.5. The number of aldehydes is 1. The largest absolute Gasteiger partial charge is 0.481 e. The highest BCUT2D eigenvalue weighted by Crippen LogP contribution is 2.32. The second-order valence-corrected chi connectivity index (χ2v) is 7.78. The van der Waals surface area contributed by atoms with E-state index in [-0.39, 0.29) is 30.0 Å². The lowest BCUT2D eigenvalue weighted by Gasteiger charge is -2.25. The van der Waals surface area contributed by atoms with E-state index in [1.54, 1.807) is 12.1 Å². The predicted octanol–water partition coefficient (Wildman–Crippen LogP) is -0.495. The molecule has 13 heteroatoms. The molecule has 1 aliphatic rings. The van der Waals surface area contributed by atoms with Gasteiger partial charge in [0, 0.05) is 6.92 Å². The molecule has 36 heavy (non-hydrogen) atoms. The Balaban J connectivity index is 1.92. The van der Waals surface area contributed by atoms with Crippen LogP contribution in [-0.4, -0.2) is 71.9 Å². The zero-order chi connectivity index (χ0) is 26.4. The van der Waals surface area contributed by atoms with Gasteiger partial charge in [0.05, 0.1) is 36.6 Å². The Hall–Kier alpha value is -4.81. The van der Waals surface area contributed by atoms with E-state index in [0.29, 0.717) is 0 Å². The Morgan fingerprint density at radius 1 is 1.14 bits per heavy atom. The molecule has 1 aliphatic heterocycles. The highest BCUT2D eigenvalue weighted by molar-refractivity contribution is 6.42. The van der Waals surface area contributed by atoms with Crippen LogP contribution in [0.25, 0.3) is 0 Å². The van der Waals surface area contributed by atoms with Gasteiger partial charge in [0.25, 0.3) is 17.6 Å². The van der Waals surface area contributed by atoms with Crippen LogP contribution in [0.15, 0.2) is 47.1 Å². The van der Waals surface area contributed by atoms with Gasteiger partial charge in [0.15, 0.2) is 5.76 Å². The Morgan fingerprint density at radius 3 is 2.42 bits per heavy atom. The Bertz CT molecular complexity index is 1210. The summed E-state index contributed by atoms with van der Waals surface area (Å²) in [5.74, 6) is -5.92. The molecule has 188 valence electrons. The van der Waals surface area contributed by atoms with Crippen LogP contribution in [0.1, 0.15) is 23.9 Å². The van der Waals surface area contributed by atoms with Crippen LogP contribution in [0, 0.1) is 0 Å². The average Bonchev–Trinajstić information content (AvgIpc) is 3.35. The fourth-order valence-electron chi connectivity index (χ4n) is 3.62. The second-order valence-electron chi connectivity index (χ2n) is 7.78. The first kappa shape index (κ1) is 25.8. The van der Waals surface area contributed by atoms with Gasteiger partial charge in [-0.1, -0.05) is 12.1 Å². The van der Waals surface area contributed by atoms with Crippen molar-refractivity contribution in [2.24, 2.45) is 0 Å². The summed E-state index contributed by atoms with van der Waals surface area (Å²) in [5.41, 5.74) is 0.417. The topological polar surface area (TPSA) is 183 Å². The highest BCUT2D eigenvalue weighted by Gasteiger charge is 2.38. The number of aliphatic carboxylic acids is 1. The van der Waals surface area contributed by atoms with Crippen LogP contribution in [0.5, 0.6) is 0 Å². The number of hydrogen-bond acceptors (Lipinski definition) is 8. The van der Waals surface area contributed by atoms with Crippen LogP contribution >= 0.6 is 0 Å². The minimum absolute atomic E-state index is 0.155. The van der Waals surface area contributed by atoms with Gasteiger partial charge in [-0.25, -0.2) is 0 Å². The molecule has 4 amide bonds. The van der Waals surface area contributed by atoms with Crippen LogP contribution in [0.2, 0.25) is 0 Å². The van der Waals surface area contributed by atoms with E-state index in [1.807, 2.05) is 0 Å². The standard InChI is InChI=1S/C23H22N4O9/c1-13(29)26-10-15(25-22(34)21(33)18-7-4-8-36-18)23(35)27(17-6-3-2-5-16(17)26)11-19(30)24-14(12-28)9-20(31)32/h2-8,12,14-15H,9-11H2,1H3,(H,24,30)(H,25,34)(H,31,32)/t14-,15-/m0/s1. The predicted molar refractivity (Wildman–Crippen MR) is 122 cm³/mol. The number of nitrogens with zero attached hydrogens (tertiary/aromatic N) is 2. The minimum atomic E-state index is -1.43. The summed E-state index contributed by atoms with van der Waals surface area (Å²) in [6.45, 7) is 0.248. The van der Waals surface area contributed by atoms with Crippen molar-refractivity contribution in [1.82, 2.24) is 10.6 Å². The van der Waals surface area contributed by atoms with Gasteiger partial charge < -0.3 is 29.9 Å². The zero-order valence-corrected chi connectivity index (χ0v) is 19.0. The smallest absolute Gasteiger partial charge is 0.305 e. The molecule has 3 N–H and O–H groups in total. The fourth-order valence-corrected chi connectivity index (χ4v) is 3.62. The van der Waals surface area contributed by atoms with E-state index < -0.39 is 60.4 Å². The van der Waals surface area contributed by atoms with E-state index in [0.717, 1.165) is 4.90 Å². The van der Waals surface area contributed by atoms with Crippen molar-refractivity contribution in [2.75, 3.05) is 22.9 Å². The van der Waals surface area contributed by atoms with Crippen LogP contribution in [0.3, 0.4) is 0 Å². The molecule has 1 aromatic carbocycles. The minimum Gasteiger partial charge on any atom is -0.481 e. The van der Waals surface area contributed by atoms with E-state index in [9.17, 15) is 33.6 Å². The van der Waals surface area contributed by atoms with E-state index >= 15 is 0 Å². The number of carbonyl (C=O) groups is 7. The van der Waals surface area contributed by atoms with Gasteiger partial charge in [-0.15, -0.1) is 0 Å². The first-order valence-electron chi connectivity index (χ1n) is 10.7. The number of carboxylic acids is 1. The third-order valence-electron chi connectivity index (χ3n) is 5.24. The Kier molecular flexibility index (Phi) is 7.94. The number of benzene rings is 1. The normalized spacial score (nSPS) is 15.8. The highest BCUT2D eigenvalue weighted by atomic mass is 16.4.